The Morgan fingerprint density at radius 2 is 1.95 bits per heavy atom. The second kappa shape index (κ2) is 5.94. The molecule has 0 aliphatic carbocycles. The van der Waals surface area contributed by atoms with Crippen LogP contribution in [-0.2, 0) is 14.8 Å². The molecule has 6 nitrogen and oxygen atoms in total. The normalized spacial score (nSPS) is 12.1. The molecule has 0 aliphatic rings. The molecule has 0 saturated carbocycles. The summed E-state index contributed by atoms with van der Waals surface area (Å²) >= 11 is 5.49. The van der Waals surface area contributed by atoms with Crippen LogP contribution >= 0.6 is 11.6 Å². The number of carbonyl (C=O) groups excluding carboxylic acids is 1. The summed E-state index contributed by atoms with van der Waals surface area (Å²) < 4.78 is 41.4. The summed E-state index contributed by atoms with van der Waals surface area (Å²) in [5.74, 6) is -0.745. The van der Waals surface area contributed by atoms with Crippen molar-refractivity contribution in [2.24, 2.45) is 0 Å². The molecule has 112 valence electrons. The van der Waals surface area contributed by atoms with Crippen molar-refractivity contribution in [1.29, 1.82) is 0 Å². The third-order valence-corrected chi connectivity index (χ3v) is 3.42. The summed E-state index contributed by atoms with van der Waals surface area (Å²) in [6, 6.07) is 2.85. The van der Waals surface area contributed by atoms with Gasteiger partial charge in [0.05, 0.1) is 9.92 Å². The molecule has 0 atom stereocenters. The summed E-state index contributed by atoms with van der Waals surface area (Å²) in [6.07, 6.45) is -0.964. The molecule has 0 aromatic heterocycles. The molecule has 1 rings (SSSR count). The predicted octanol–water partition coefficient (Wildman–Crippen LogP) is 2.20. The van der Waals surface area contributed by atoms with Crippen molar-refractivity contribution in [2.45, 2.75) is 31.3 Å². The number of hydrogen-bond donors (Lipinski definition) is 2. The average molecular weight is 325 g/mol. The van der Waals surface area contributed by atoms with Crippen LogP contribution in [0.4, 0.5) is 9.18 Å². The van der Waals surface area contributed by atoms with E-state index in [4.69, 9.17) is 16.3 Å². The summed E-state index contributed by atoms with van der Waals surface area (Å²) in [6.45, 7) is 4.88. The van der Waals surface area contributed by atoms with E-state index >= 15 is 0 Å². The van der Waals surface area contributed by atoms with Crippen molar-refractivity contribution in [2.75, 3.05) is 0 Å². The highest BCUT2D eigenvalue weighted by molar-refractivity contribution is 7.89. The van der Waals surface area contributed by atoms with Gasteiger partial charge in [-0.2, -0.15) is 0 Å². The maximum atomic E-state index is 12.9. The van der Waals surface area contributed by atoms with Crippen LogP contribution < -0.4 is 10.3 Å². The minimum Gasteiger partial charge on any atom is -0.443 e. The largest absolute Gasteiger partial charge is 0.443 e. The van der Waals surface area contributed by atoms with Crippen molar-refractivity contribution in [1.82, 2.24) is 10.3 Å². The molecule has 0 saturated heterocycles. The summed E-state index contributed by atoms with van der Waals surface area (Å²) in [7, 11) is -4.06. The van der Waals surface area contributed by atoms with Gasteiger partial charge in [0, 0.05) is 0 Å². The number of sulfonamides is 1. The van der Waals surface area contributed by atoms with E-state index < -0.39 is 27.5 Å². The molecule has 0 spiro atoms. The highest BCUT2D eigenvalue weighted by atomic mass is 35.5. The average Bonchev–Trinajstić information content (AvgIpc) is 2.28. The molecule has 20 heavy (non-hydrogen) atoms. The Labute approximate surface area is 121 Å². The summed E-state index contributed by atoms with van der Waals surface area (Å²) in [4.78, 5) is 12.8. The predicted molar refractivity (Wildman–Crippen MR) is 71.1 cm³/mol. The minimum absolute atomic E-state index is 0.292. The van der Waals surface area contributed by atoms with Gasteiger partial charge in [0.25, 0.3) is 10.0 Å². The van der Waals surface area contributed by atoms with Crippen molar-refractivity contribution >= 4 is 27.7 Å². The molecule has 0 bridgehead atoms. The van der Waals surface area contributed by atoms with Crippen molar-refractivity contribution in [3.8, 4) is 0 Å². The molecule has 1 aromatic rings. The van der Waals surface area contributed by atoms with E-state index in [0.717, 1.165) is 18.2 Å². The maximum absolute atomic E-state index is 12.9. The van der Waals surface area contributed by atoms with Gasteiger partial charge in [-0.05, 0) is 39.0 Å². The maximum Gasteiger partial charge on any atom is 0.423 e. The lowest BCUT2D eigenvalue weighted by molar-refractivity contribution is 0.0515. The Hall–Kier alpha value is -1.38. The molecular formula is C11H14ClFN2O4S. The summed E-state index contributed by atoms with van der Waals surface area (Å²) in [5.41, 5.74) is 1.11. The van der Waals surface area contributed by atoms with Crippen LogP contribution in [-0.4, -0.2) is 20.1 Å². The standard InChI is InChI=1S/C11H14ClFN2O4S/c1-11(2,3)19-10(16)14-15-20(17,18)7-4-5-9(13)8(12)6-7/h4-6,15H,1-3H3,(H,14,16). The van der Waals surface area contributed by atoms with E-state index in [0.29, 0.717) is 0 Å². The lowest BCUT2D eigenvalue weighted by Gasteiger charge is -2.19. The van der Waals surface area contributed by atoms with Gasteiger partial charge >= 0.3 is 6.09 Å². The van der Waals surface area contributed by atoms with Gasteiger partial charge in [-0.1, -0.05) is 11.6 Å². The van der Waals surface area contributed by atoms with E-state index in [-0.39, 0.29) is 9.92 Å². The van der Waals surface area contributed by atoms with Crippen LogP contribution in [0.1, 0.15) is 20.8 Å². The Morgan fingerprint density at radius 1 is 1.35 bits per heavy atom. The number of nitrogens with one attached hydrogen (secondary N) is 2. The first-order valence-electron chi connectivity index (χ1n) is 5.47. The third kappa shape index (κ3) is 4.95. The molecule has 1 amide bonds. The zero-order chi connectivity index (χ0) is 15.6. The van der Waals surface area contributed by atoms with E-state index in [1.165, 1.54) is 0 Å². The first-order valence-corrected chi connectivity index (χ1v) is 7.33. The molecule has 0 radical (unpaired) electrons. The van der Waals surface area contributed by atoms with Gasteiger partial charge in [0.15, 0.2) is 0 Å². The smallest absolute Gasteiger partial charge is 0.423 e. The van der Waals surface area contributed by atoms with Gasteiger partial charge in [-0.25, -0.2) is 23.0 Å². The van der Waals surface area contributed by atoms with Gasteiger partial charge < -0.3 is 4.74 Å². The fraction of sp³-hybridized carbons (Fsp3) is 0.364. The van der Waals surface area contributed by atoms with E-state index in [2.05, 4.69) is 0 Å². The molecule has 1 aromatic carbocycles. The first-order chi connectivity index (χ1) is 9.01. The molecule has 0 fully saturated rings. The fourth-order valence-electron chi connectivity index (χ4n) is 1.12. The first kappa shape index (κ1) is 16.7. The monoisotopic (exact) mass is 324 g/mol. The SMILES string of the molecule is CC(C)(C)OC(=O)NNS(=O)(=O)c1ccc(F)c(Cl)c1. The minimum atomic E-state index is -4.06. The van der Waals surface area contributed by atoms with Crippen LogP contribution in [0.15, 0.2) is 23.1 Å². The highest BCUT2D eigenvalue weighted by Gasteiger charge is 2.20. The lowest BCUT2D eigenvalue weighted by Crippen LogP contribution is -2.44. The zero-order valence-corrected chi connectivity index (χ0v) is 12.6. The summed E-state index contributed by atoms with van der Waals surface area (Å²) in [5, 5.41) is -0.342. The van der Waals surface area contributed by atoms with E-state index in [1.807, 2.05) is 10.3 Å². The van der Waals surface area contributed by atoms with Crippen molar-refractivity contribution < 1.29 is 22.3 Å². The number of hydrazine groups is 1. The number of hydrogen-bond acceptors (Lipinski definition) is 4. The molecule has 0 aliphatic heterocycles. The van der Waals surface area contributed by atoms with Gasteiger partial charge in [-0.3, -0.25) is 0 Å². The van der Waals surface area contributed by atoms with Crippen LogP contribution in [0.3, 0.4) is 0 Å². The Bertz CT molecular complexity index is 613. The van der Waals surface area contributed by atoms with Crippen LogP contribution in [0.5, 0.6) is 0 Å². The third-order valence-electron chi connectivity index (χ3n) is 1.89. The molecular weight excluding hydrogens is 311 g/mol. The molecule has 0 heterocycles. The van der Waals surface area contributed by atoms with Crippen molar-refractivity contribution in [3.63, 3.8) is 0 Å². The van der Waals surface area contributed by atoms with E-state index in [1.54, 1.807) is 20.8 Å². The van der Waals surface area contributed by atoms with E-state index in [9.17, 15) is 17.6 Å². The number of halogens is 2. The fourth-order valence-corrected chi connectivity index (χ4v) is 2.22. The topological polar surface area (TPSA) is 84.5 Å². The zero-order valence-electron chi connectivity index (χ0n) is 11.0. The molecule has 0 unspecified atom stereocenters. The van der Waals surface area contributed by atoms with Crippen LogP contribution in [0, 0.1) is 5.82 Å². The van der Waals surface area contributed by atoms with Crippen molar-refractivity contribution in [3.05, 3.63) is 29.0 Å². The quantitative estimate of drug-likeness (QED) is 0.835. The Kier molecular flexibility index (Phi) is 4.95. The van der Waals surface area contributed by atoms with Crippen LogP contribution in [0.25, 0.3) is 0 Å². The molecule has 2 N–H and O–H groups in total. The second-order valence-corrected chi connectivity index (χ2v) is 6.90. The van der Waals surface area contributed by atoms with Gasteiger partial charge in [0.1, 0.15) is 11.4 Å². The second-order valence-electron chi connectivity index (χ2n) is 4.81. The van der Waals surface area contributed by atoms with Gasteiger partial charge in [0.2, 0.25) is 0 Å². The number of benzene rings is 1. The highest BCUT2D eigenvalue weighted by Crippen LogP contribution is 2.18. The Morgan fingerprint density at radius 3 is 2.45 bits per heavy atom. The number of amides is 1. The van der Waals surface area contributed by atoms with Gasteiger partial charge in [-0.15, -0.1) is 4.83 Å². The number of carbonyl (C=O) groups is 1. The lowest BCUT2D eigenvalue weighted by atomic mass is 10.2. The number of rotatable bonds is 3. The number of ether oxygens (including phenoxy) is 1. The molecule has 9 heteroatoms. The Balaban J connectivity index is 2.76. The van der Waals surface area contributed by atoms with Crippen LogP contribution in [0.2, 0.25) is 5.02 Å².